The molecule has 0 saturated carbocycles. The van der Waals surface area contributed by atoms with Crippen LogP contribution in [0.1, 0.15) is 90.9 Å². The molecule has 0 aliphatic carbocycles. The number of hydrogen-bond donors (Lipinski definition) is 1. The monoisotopic (exact) mass is 242 g/mol. The Labute approximate surface area is 109 Å². The van der Waals surface area contributed by atoms with Gasteiger partial charge < -0.3 is 5.11 Å². The van der Waals surface area contributed by atoms with E-state index in [9.17, 15) is 5.11 Å². The Bertz CT molecular complexity index is 133. The van der Waals surface area contributed by atoms with E-state index in [0.29, 0.717) is 12.5 Å². The molecule has 1 unspecified atom stereocenters. The van der Waals surface area contributed by atoms with Gasteiger partial charge in [0.25, 0.3) is 0 Å². The fraction of sp³-hybridized carbons (Fsp3) is 1.00. The second-order valence-electron chi connectivity index (χ2n) is 5.45. The van der Waals surface area contributed by atoms with Gasteiger partial charge in [-0.3, -0.25) is 0 Å². The second-order valence-corrected chi connectivity index (χ2v) is 5.45. The van der Waals surface area contributed by atoms with Crippen molar-refractivity contribution >= 4 is 0 Å². The van der Waals surface area contributed by atoms with Crippen LogP contribution in [0.15, 0.2) is 0 Å². The molecule has 0 aliphatic rings. The highest BCUT2D eigenvalue weighted by atomic mass is 16.3. The molecule has 0 aliphatic heterocycles. The van der Waals surface area contributed by atoms with Crippen LogP contribution in [0.2, 0.25) is 0 Å². The number of aliphatic hydroxyl groups excluding tert-OH is 1. The number of rotatable bonds is 13. The van der Waals surface area contributed by atoms with Crippen LogP contribution in [0.4, 0.5) is 0 Å². The Morgan fingerprint density at radius 2 is 1.06 bits per heavy atom. The summed E-state index contributed by atoms with van der Waals surface area (Å²) in [5.74, 6) is 0.582. The molecular weight excluding hydrogens is 208 g/mol. The Balaban J connectivity index is 3.28. The van der Waals surface area contributed by atoms with E-state index >= 15 is 0 Å². The van der Waals surface area contributed by atoms with Crippen molar-refractivity contribution in [2.45, 2.75) is 90.9 Å². The van der Waals surface area contributed by atoms with Crippen LogP contribution in [-0.2, 0) is 0 Å². The van der Waals surface area contributed by atoms with Gasteiger partial charge >= 0.3 is 0 Å². The van der Waals surface area contributed by atoms with E-state index in [2.05, 4.69) is 13.8 Å². The van der Waals surface area contributed by atoms with Crippen molar-refractivity contribution in [2.24, 2.45) is 5.92 Å². The van der Waals surface area contributed by atoms with Crippen molar-refractivity contribution in [3.63, 3.8) is 0 Å². The lowest BCUT2D eigenvalue weighted by molar-refractivity contribution is 0.204. The molecule has 0 aromatic carbocycles. The van der Waals surface area contributed by atoms with Crippen molar-refractivity contribution in [3.05, 3.63) is 0 Å². The summed E-state index contributed by atoms with van der Waals surface area (Å²) in [7, 11) is 0. The standard InChI is InChI=1S/C16H34O/c1-3-5-7-9-10-12-14-16(15-17)13-11-8-6-4-2/h16-17H,3-15H2,1-2H3. The maximum absolute atomic E-state index is 9.32. The molecule has 0 bridgehead atoms. The molecule has 0 rings (SSSR count). The summed E-state index contributed by atoms with van der Waals surface area (Å²) in [6.07, 6.45) is 16.0. The first-order valence-electron chi connectivity index (χ1n) is 7.96. The first-order chi connectivity index (χ1) is 8.35. The Morgan fingerprint density at radius 1 is 0.647 bits per heavy atom. The third-order valence-electron chi connectivity index (χ3n) is 3.69. The largest absolute Gasteiger partial charge is 0.396 e. The highest BCUT2D eigenvalue weighted by Gasteiger charge is 2.06. The van der Waals surface area contributed by atoms with Crippen LogP contribution < -0.4 is 0 Å². The van der Waals surface area contributed by atoms with E-state index in [1.54, 1.807) is 0 Å². The van der Waals surface area contributed by atoms with Gasteiger partial charge in [0.2, 0.25) is 0 Å². The van der Waals surface area contributed by atoms with Crippen molar-refractivity contribution in [3.8, 4) is 0 Å². The van der Waals surface area contributed by atoms with Gasteiger partial charge in [-0.25, -0.2) is 0 Å². The minimum absolute atomic E-state index is 0.404. The summed E-state index contributed by atoms with van der Waals surface area (Å²) in [5, 5.41) is 9.32. The van der Waals surface area contributed by atoms with E-state index in [1.807, 2.05) is 0 Å². The van der Waals surface area contributed by atoms with Gasteiger partial charge in [0.05, 0.1) is 0 Å². The second kappa shape index (κ2) is 14.0. The first-order valence-corrected chi connectivity index (χ1v) is 7.96. The van der Waals surface area contributed by atoms with Gasteiger partial charge in [0.1, 0.15) is 0 Å². The third kappa shape index (κ3) is 12.2. The molecule has 0 spiro atoms. The molecule has 17 heavy (non-hydrogen) atoms. The zero-order valence-electron chi connectivity index (χ0n) is 12.2. The zero-order valence-corrected chi connectivity index (χ0v) is 12.2. The van der Waals surface area contributed by atoms with Crippen molar-refractivity contribution < 1.29 is 5.11 Å². The summed E-state index contributed by atoms with van der Waals surface area (Å²) in [5.41, 5.74) is 0. The van der Waals surface area contributed by atoms with E-state index in [-0.39, 0.29) is 0 Å². The fourth-order valence-electron chi connectivity index (χ4n) is 2.40. The molecule has 0 amide bonds. The maximum Gasteiger partial charge on any atom is 0.0459 e. The molecular formula is C16H34O. The summed E-state index contributed by atoms with van der Waals surface area (Å²) < 4.78 is 0. The lowest BCUT2D eigenvalue weighted by atomic mass is 9.95. The van der Waals surface area contributed by atoms with Gasteiger partial charge in [0.15, 0.2) is 0 Å². The van der Waals surface area contributed by atoms with Crippen LogP contribution >= 0.6 is 0 Å². The average Bonchev–Trinajstić information content (AvgIpc) is 2.36. The fourth-order valence-corrected chi connectivity index (χ4v) is 2.40. The highest BCUT2D eigenvalue weighted by Crippen LogP contribution is 2.18. The van der Waals surface area contributed by atoms with Crippen LogP contribution in [0.3, 0.4) is 0 Å². The van der Waals surface area contributed by atoms with Crippen molar-refractivity contribution in [1.82, 2.24) is 0 Å². The lowest BCUT2D eigenvalue weighted by Gasteiger charge is -2.13. The van der Waals surface area contributed by atoms with Gasteiger partial charge in [0, 0.05) is 6.61 Å². The SMILES string of the molecule is CCCCCCCCC(CO)CCCCCC. The number of hydrogen-bond acceptors (Lipinski definition) is 1. The molecule has 1 heteroatoms. The summed E-state index contributed by atoms with van der Waals surface area (Å²) in [6, 6.07) is 0. The van der Waals surface area contributed by atoms with Gasteiger partial charge in [-0.2, -0.15) is 0 Å². The molecule has 0 aromatic rings. The van der Waals surface area contributed by atoms with E-state index in [1.165, 1.54) is 77.0 Å². The lowest BCUT2D eigenvalue weighted by Crippen LogP contribution is -2.06. The molecule has 0 heterocycles. The minimum Gasteiger partial charge on any atom is -0.396 e. The van der Waals surface area contributed by atoms with Crippen LogP contribution in [0, 0.1) is 5.92 Å². The molecule has 0 fully saturated rings. The molecule has 104 valence electrons. The summed E-state index contributed by atoms with van der Waals surface area (Å²) in [6.45, 7) is 4.92. The minimum atomic E-state index is 0.404. The molecule has 0 aromatic heterocycles. The van der Waals surface area contributed by atoms with Gasteiger partial charge in [-0.1, -0.05) is 78.1 Å². The van der Waals surface area contributed by atoms with Gasteiger partial charge in [-0.05, 0) is 18.8 Å². The summed E-state index contributed by atoms with van der Waals surface area (Å²) in [4.78, 5) is 0. The van der Waals surface area contributed by atoms with Crippen LogP contribution in [0.25, 0.3) is 0 Å². The maximum atomic E-state index is 9.32. The van der Waals surface area contributed by atoms with Crippen molar-refractivity contribution in [2.75, 3.05) is 6.61 Å². The number of aliphatic hydroxyl groups is 1. The van der Waals surface area contributed by atoms with E-state index in [4.69, 9.17) is 0 Å². The predicted octanol–water partition coefficient (Wildman–Crippen LogP) is 5.32. The first kappa shape index (κ1) is 17.0. The average molecular weight is 242 g/mol. The van der Waals surface area contributed by atoms with E-state index < -0.39 is 0 Å². The molecule has 1 nitrogen and oxygen atoms in total. The van der Waals surface area contributed by atoms with Crippen molar-refractivity contribution in [1.29, 1.82) is 0 Å². The zero-order chi connectivity index (χ0) is 12.8. The quantitative estimate of drug-likeness (QED) is 0.434. The normalized spacial score (nSPS) is 12.9. The highest BCUT2D eigenvalue weighted by molar-refractivity contribution is 4.59. The Hall–Kier alpha value is -0.0400. The Morgan fingerprint density at radius 3 is 1.53 bits per heavy atom. The predicted molar refractivity (Wildman–Crippen MR) is 77.3 cm³/mol. The Kier molecular flexibility index (Phi) is 14.0. The molecule has 1 N–H and O–H groups in total. The number of unbranched alkanes of at least 4 members (excludes halogenated alkanes) is 8. The molecule has 1 atom stereocenters. The van der Waals surface area contributed by atoms with Gasteiger partial charge in [-0.15, -0.1) is 0 Å². The smallest absolute Gasteiger partial charge is 0.0459 e. The van der Waals surface area contributed by atoms with Crippen LogP contribution in [-0.4, -0.2) is 11.7 Å². The topological polar surface area (TPSA) is 20.2 Å². The van der Waals surface area contributed by atoms with Crippen LogP contribution in [0.5, 0.6) is 0 Å². The summed E-state index contributed by atoms with van der Waals surface area (Å²) >= 11 is 0. The third-order valence-corrected chi connectivity index (χ3v) is 3.69. The van der Waals surface area contributed by atoms with E-state index in [0.717, 1.165) is 0 Å². The molecule has 0 radical (unpaired) electrons. The molecule has 0 saturated heterocycles.